The van der Waals surface area contributed by atoms with E-state index >= 15 is 0 Å². The van der Waals surface area contributed by atoms with Gasteiger partial charge in [-0.3, -0.25) is 4.79 Å². The normalized spacial score (nSPS) is 11.5. The Labute approximate surface area is 74.7 Å². The molecule has 0 spiro atoms. The molecular weight excluding hydrogens is 174 g/mol. The lowest BCUT2D eigenvalue weighted by atomic mass is 10.1. The van der Waals surface area contributed by atoms with Crippen molar-refractivity contribution in [1.29, 1.82) is 0 Å². The molecule has 1 rings (SSSR count). The van der Waals surface area contributed by atoms with E-state index in [-0.39, 0.29) is 5.56 Å². The summed E-state index contributed by atoms with van der Waals surface area (Å²) in [4.78, 5) is 10.2. The van der Waals surface area contributed by atoms with Crippen molar-refractivity contribution >= 4 is 12.4 Å². The van der Waals surface area contributed by atoms with E-state index in [1.165, 1.54) is 13.0 Å². The van der Waals surface area contributed by atoms with E-state index in [1.807, 2.05) is 0 Å². The van der Waals surface area contributed by atoms with Gasteiger partial charge in [0.1, 0.15) is 17.9 Å². The van der Waals surface area contributed by atoms with E-state index in [0.29, 0.717) is 11.9 Å². The number of benzene rings is 1. The molecule has 1 aromatic rings. The summed E-state index contributed by atoms with van der Waals surface area (Å²) in [6, 6.07) is 3.10. The van der Waals surface area contributed by atoms with Crippen LogP contribution in [0.1, 0.15) is 12.5 Å². The van der Waals surface area contributed by atoms with E-state index < -0.39 is 11.6 Å². The molecule has 0 saturated heterocycles. The zero-order chi connectivity index (χ0) is 9.84. The van der Waals surface area contributed by atoms with Crippen LogP contribution in [0.2, 0.25) is 0 Å². The minimum atomic E-state index is -0.539. The summed E-state index contributed by atoms with van der Waals surface area (Å²) in [5, 5.41) is 0. The molecule has 0 radical (unpaired) electrons. The van der Waals surface area contributed by atoms with Crippen LogP contribution >= 0.6 is 0 Å². The molecule has 0 aromatic heterocycles. The fraction of sp³-hybridized carbons (Fsp3) is 0.100. The maximum Gasteiger partial charge on any atom is 0.145 e. The summed E-state index contributed by atoms with van der Waals surface area (Å²) in [7, 11) is 0. The third-order valence-corrected chi connectivity index (χ3v) is 1.53. The summed E-state index contributed by atoms with van der Waals surface area (Å²) in [5.41, 5.74) is 0.439. The van der Waals surface area contributed by atoms with E-state index in [2.05, 4.69) is 0 Å². The highest BCUT2D eigenvalue weighted by Gasteiger charge is 2.00. The van der Waals surface area contributed by atoms with Crippen LogP contribution in [-0.2, 0) is 4.79 Å². The lowest BCUT2D eigenvalue weighted by molar-refractivity contribution is -0.104. The highest BCUT2D eigenvalue weighted by Crippen LogP contribution is 2.12. The Hall–Kier alpha value is -1.51. The molecule has 1 nitrogen and oxygen atoms in total. The molecule has 0 amide bonds. The van der Waals surface area contributed by atoms with Crippen LogP contribution in [-0.4, -0.2) is 6.29 Å². The molecule has 3 heteroatoms. The van der Waals surface area contributed by atoms with Crippen LogP contribution in [0, 0.1) is 11.6 Å². The van der Waals surface area contributed by atoms with Crippen LogP contribution in [0.3, 0.4) is 0 Å². The average Bonchev–Trinajstić information content (AvgIpc) is 2.11. The topological polar surface area (TPSA) is 17.1 Å². The Morgan fingerprint density at radius 2 is 2.08 bits per heavy atom. The second-order valence-electron chi connectivity index (χ2n) is 2.67. The summed E-state index contributed by atoms with van der Waals surface area (Å²) < 4.78 is 25.6. The van der Waals surface area contributed by atoms with Crippen molar-refractivity contribution in [2.75, 3.05) is 0 Å². The van der Waals surface area contributed by atoms with Gasteiger partial charge in [-0.15, -0.1) is 0 Å². The fourth-order valence-corrected chi connectivity index (χ4v) is 0.905. The molecule has 0 fully saturated rings. The maximum atomic E-state index is 12.9. The van der Waals surface area contributed by atoms with E-state index in [1.54, 1.807) is 0 Å². The second-order valence-corrected chi connectivity index (χ2v) is 2.67. The van der Waals surface area contributed by atoms with Gasteiger partial charge in [0.25, 0.3) is 0 Å². The number of carbonyl (C=O) groups is 1. The monoisotopic (exact) mass is 182 g/mol. The van der Waals surface area contributed by atoms with Crippen molar-refractivity contribution in [1.82, 2.24) is 0 Å². The van der Waals surface area contributed by atoms with Gasteiger partial charge in [0, 0.05) is 5.56 Å². The lowest BCUT2D eigenvalue weighted by Crippen LogP contribution is -1.86. The number of hydrogen-bond acceptors (Lipinski definition) is 1. The number of aldehydes is 1. The third-order valence-electron chi connectivity index (χ3n) is 1.53. The third kappa shape index (κ3) is 2.47. The van der Waals surface area contributed by atoms with Crippen molar-refractivity contribution < 1.29 is 13.6 Å². The van der Waals surface area contributed by atoms with Gasteiger partial charge < -0.3 is 0 Å². The zero-order valence-electron chi connectivity index (χ0n) is 7.05. The molecule has 0 atom stereocenters. The molecule has 0 unspecified atom stereocenters. The fourth-order valence-electron chi connectivity index (χ4n) is 0.905. The quantitative estimate of drug-likeness (QED) is 0.507. The first-order chi connectivity index (χ1) is 6.13. The molecule has 1 aromatic carbocycles. The first-order valence-electron chi connectivity index (χ1n) is 3.72. The number of carbonyl (C=O) groups excluding carboxylic acids is 1. The molecule has 0 bridgehead atoms. The Morgan fingerprint density at radius 1 is 1.38 bits per heavy atom. The lowest BCUT2D eigenvalue weighted by Gasteiger charge is -1.97. The molecule has 68 valence electrons. The number of hydrogen-bond donors (Lipinski definition) is 0. The molecule has 13 heavy (non-hydrogen) atoms. The molecular formula is C10H8F2O. The predicted molar refractivity (Wildman–Crippen MR) is 46.1 cm³/mol. The van der Waals surface area contributed by atoms with E-state index in [4.69, 9.17) is 0 Å². The van der Waals surface area contributed by atoms with Crippen LogP contribution < -0.4 is 0 Å². The molecule has 0 heterocycles. The van der Waals surface area contributed by atoms with Gasteiger partial charge in [-0.25, -0.2) is 8.78 Å². The highest BCUT2D eigenvalue weighted by molar-refractivity contribution is 5.80. The molecule has 0 aliphatic carbocycles. The number of allylic oxidation sites excluding steroid dienone is 1. The van der Waals surface area contributed by atoms with Gasteiger partial charge in [-0.2, -0.15) is 0 Å². The molecule has 0 N–H and O–H groups in total. The Kier molecular flexibility index (Phi) is 2.90. The average molecular weight is 182 g/mol. The van der Waals surface area contributed by atoms with Crippen LogP contribution in [0.25, 0.3) is 6.08 Å². The van der Waals surface area contributed by atoms with Gasteiger partial charge >= 0.3 is 0 Å². The smallest absolute Gasteiger partial charge is 0.145 e. The minimum Gasteiger partial charge on any atom is -0.298 e. The SMILES string of the molecule is CC(C=O)=Cc1cc(F)ccc1F. The van der Waals surface area contributed by atoms with Crippen molar-refractivity contribution in [3.63, 3.8) is 0 Å². The Morgan fingerprint density at radius 3 is 2.69 bits per heavy atom. The van der Waals surface area contributed by atoms with Crippen LogP contribution in [0.15, 0.2) is 23.8 Å². The largest absolute Gasteiger partial charge is 0.298 e. The van der Waals surface area contributed by atoms with Gasteiger partial charge in [0.05, 0.1) is 0 Å². The second kappa shape index (κ2) is 3.94. The predicted octanol–water partition coefficient (Wildman–Crippen LogP) is 2.57. The number of halogens is 2. The van der Waals surface area contributed by atoms with E-state index in [0.717, 1.165) is 18.2 Å². The molecule has 0 aliphatic rings. The summed E-state index contributed by atoms with van der Waals surface area (Å²) >= 11 is 0. The Balaban J connectivity index is 3.13. The van der Waals surface area contributed by atoms with Crippen molar-refractivity contribution in [3.05, 3.63) is 41.0 Å². The summed E-state index contributed by atoms with van der Waals surface area (Å²) in [5.74, 6) is -1.06. The standard InChI is InChI=1S/C10H8F2O/c1-7(6-13)4-8-5-9(11)2-3-10(8)12/h2-6H,1H3. The van der Waals surface area contributed by atoms with Gasteiger partial charge in [0.2, 0.25) is 0 Å². The van der Waals surface area contributed by atoms with Crippen molar-refractivity contribution in [2.24, 2.45) is 0 Å². The summed E-state index contributed by atoms with van der Waals surface area (Å²) in [6.07, 6.45) is 1.88. The highest BCUT2D eigenvalue weighted by atomic mass is 19.1. The molecule has 0 saturated carbocycles. The van der Waals surface area contributed by atoms with Gasteiger partial charge in [-0.1, -0.05) is 0 Å². The first-order valence-corrected chi connectivity index (χ1v) is 3.72. The minimum absolute atomic E-state index is 0.0876. The first kappa shape index (κ1) is 9.58. The molecule has 0 aliphatic heterocycles. The van der Waals surface area contributed by atoms with Gasteiger partial charge in [0.15, 0.2) is 0 Å². The van der Waals surface area contributed by atoms with Crippen LogP contribution in [0.4, 0.5) is 8.78 Å². The summed E-state index contributed by atoms with van der Waals surface area (Å²) in [6.45, 7) is 1.53. The van der Waals surface area contributed by atoms with E-state index in [9.17, 15) is 13.6 Å². The van der Waals surface area contributed by atoms with Crippen molar-refractivity contribution in [3.8, 4) is 0 Å². The van der Waals surface area contributed by atoms with Gasteiger partial charge in [-0.05, 0) is 36.8 Å². The van der Waals surface area contributed by atoms with Crippen molar-refractivity contribution in [2.45, 2.75) is 6.92 Å². The van der Waals surface area contributed by atoms with Crippen LogP contribution in [0.5, 0.6) is 0 Å². The maximum absolute atomic E-state index is 12.9. The Bertz CT molecular complexity index is 356. The number of rotatable bonds is 2. The zero-order valence-corrected chi connectivity index (χ0v) is 7.05.